The average molecular weight is 330 g/mol. The molecule has 6 nitrogen and oxygen atoms in total. The van der Waals surface area contributed by atoms with Gasteiger partial charge in [0.05, 0.1) is 12.5 Å². The molecule has 2 aliphatic rings. The molecule has 0 bridgehead atoms. The average Bonchev–Trinajstić information content (AvgIpc) is 3.05. The lowest BCUT2D eigenvalue weighted by molar-refractivity contribution is -0.134. The van der Waals surface area contributed by atoms with Crippen LogP contribution in [0.2, 0.25) is 0 Å². The Labute approximate surface area is 143 Å². The minimum absolute atomic E-state index is 0.0967. The Bertz CT molecular complexity index is 570. The molecule has 130 valence electrons. The van der Waals surface area contributed by atoms with Gasteiger partial charge in [-0.25, -0.2) is 0 Å². The Hall–Kier alpha value is -1.92. The Morgan fingerprint density at radius 2 is 1.71 bits per heavy atom. The van der Waals surface area contributed by atoms with Crippen LogP contribution >= 0.6 is 0 Å². The zero-order valence-electron chi connectivity index (χ0n) is 14.1. The number of amides is 2. The third-order valence-corrected chi connectivity index (χ3v) is 5.01. The summed E-state index contributed by atoms with van der Waals surface area (Å²) in [4.78, 5) is 30.0. The Balaban J connectivity index is 1.41. The van der Waals surface area contributed by atoms with Crippen molar-refractivity contribution in [2.45, 2.75) is 13.0 Å². The molecule has 0 spiro atoms. The van der Waals surface area contributed by atoms with Crippen LogP contribution in [-0.2, 0) is 16.1 Å². The standard InChI is InChI=1S/C18H26N4O2/c19-18(24)16-6-7-21(13-16)14-17(23)22-10-8-20(9-11-22)12-15-4-2-1-3-5-15/h1-5,16H,6-14H2,(H2,19,24). The molecule has 2 saturated heterocycles. The molecular weight excluding hydrogens is 304 g/mol. The topological polar surface area (TPSA) is 69.9 Å². The number of primary amides is 1. The highest BCUT2D eigenvalue weighted by atomic mass is 16.2. The summed E-state index contributed by atoms with van der Waals surface area (Å²) in [6.07, 6.45) is 0.771. The van der Waals surface area contributed by atoms with Crippen molar-refractivity contribution in [3.63, 3.8) is 0 Å². The van der Waals surface area contributed by atoms with Crippen LogP contribution < -0.4 is 5.73 Å². The third kappa shape index (κ3) is 4.33. The van der Waals surface area contributed by atoms with E-state index in [2.05, 4.69) is 29.2 Å². The number of piperazine rings is 1. The second-order valence-corrected chi connectivity index (χ2v) is 6.77. The zero-order valence-corrected chi connectivity index (χ0v) is 14.1. The summed E-state index contributed by atoms with van der Waals surface area (Å²) < 4.78 is 0. The first-order valence-electron chi connectivity index (χ1n) is 8.67. The van der Waals surface area contributed by atoms with Crippen LogP contribution in [0.25, 0.3) is 0 Å². The second-order valence-electron chi connectivity index (χ2n) is 6.77. The maximum atomic E-state index is 12.4. The lowest BCUT2D eigenvalue weighted by Crippen LogP contribution is -2.50. The summed E-state index contributed by atoms with van der Waals surface area (Å²) in [6.45, 7) is 6.12. The molecular formula is C18H26N4O2. The van der Waals surface area contributed by atoms with Gasteiger partial charge in [-0.05, 0) is 18.5 Å². The summed E-state index contributed by atoms with van der Waals surface area (Å²) in [7, 11) is 0. The highest BCUT2D eigenvalue weighted by molar-refractivity contribution is 5.79. The van der Waals surface area contributed by atoms with Crippen molar-refractivity contribution in [1.82, 2.24) is 14.7 Å². The van der Waals surface area contributed by atoms with Crippen LogP contribution in [-0.4, -0.2) is 72.3 Å². The predicted octanol–water partition coefficient (Wildman–Crippen LogP) is 0.138. The van der Waals surface area contributed by atoms with Gasteiger partial charge in [0, 0.05) is 39.3 Å². The number of hydrogen-bond acceptors (Lipinski definition) is 4. The van der Waals surface area contributed by atoms with Gasteiger partial charge in [-0.1, -0.05) is 30.3 Å². The number of nitrogens with zero attached hydrogens (tertiary/aromatic N) is 3. The third-order valence-electron chi connectivity index (χ3n) is 5.01. The molecule has 2 amide bonds. The van der Waals surface area contributed by atoms with Crippen molar-refractivity contribution in [2.75, 3.05) is 45.8 Å². The molecule has 0 radical (unpaired) electrons. The number of hydrogen-bond donors (Lipinski definition) is 1. The Kier molecular flexibility index (Phi) is 5.48. The monoisotopic (exact) mass is 330 g/mol. The normalized spacial score (nSPS) is 22.7. The van der Waals surface area contributed by atoms with E-state index in [9.17, 15) is 9.59 Å². The van der Waals surface area contributed by atoms with Gasteiger partial charge in [-0.15, -0.1) is 0 Å². The number of rotatable bonds is 5. The molecule has 0 aromatic heterocycles. The molecule has 2 aliphatic heterocycles. The minimum atomic E-state index is -0.250. The first-order valence-corrected chi connectivity index (χ1v) is 8.67. The molecule has 2 heterocycles. The summed E-state index contributed by atoms with van der Waals surface area (Å²) in [6, 6.07) is 10.4. The van der Waals surface area contributed by atoms with E-state index in [1.54, 1.807) is 0 Å². The van der Waals surface area contributed by atoms with Crippen molar-refractivity contribution in [1.29, 1.82) is 0 Å². The van der Waals surface area contributed by atoms with E-state index in [1.165, 1.54) is 5.56 Å². The number of nitrogens with two attached hydrogens (primary N) is 1. The lowest BCUT2D eigenvalue weighted by atomic mass is 10.1. The zero-order chi connectivity index (χ0) is 16.9. The van der Waals surface area contributed by atoms with Gasteiger partial charge < -0.3 is 10.6 Å². The predicted molar refractivity (Wildman–Crippen MR) is 92.0 cm³/mol. The van der Waals surface area contributed by atoms with Gasteiger partial charge in [-0.2, -0.15) is 0 Å². The molecule has 2 fully saturated rings. The summed E-state index contributed by atoms with van der Waals surface area (Å²) in [5, 5.41) is 0. The molecule has 1 atom stereocenters. The number of carbonyl (C=O) groups excluding carboxylic acids is 2. The summed E-state index contributed by atoms with van der Waals surface area (Å²) in [5.74, 6) is -0.181. The van der Waals surface area contributed by atoms with Crippen LogP contribution in [0.5, 0.6) is 0 Å². The molecule has 1 unspecified atom stereocenters. The van der Waals surface area contributed by atoms with Crippen molar-refractivity contribution in [2.24, 2.45) is 11.7 Å². The molecule has 2 N–H and O–H groups in total. The Morgan fingerprint density at radius 3 is 2.33 bits per heavy atom. The quantitative estimate of drug-likeness (QED) is 0.834. The van der Waals surface area contributed by atoms with E-state index in [-0.39, 0.29) is 17.7 Å². The van der Waals surface area contributed by atoms with Gasteiger partial charge in [-0.3, -0.25) is 19.4 Å². The first-order chi connectivity index (χ1) is 11.6. The van der Waals surface area contributed by atoms with Crippen LogP contribution in [0.3, 0.4) is 0 Å². The molecule has 0 saturated carbocycles. The smallest absolute Gasteiger partial charge is 0.236 e. The van der Waals surface area contributed by atoms with Gasteiger partial charge in [0.2, 0.25) is 11.8 Å². The van der Waals surface area contributed by atoms with E-state index >= 15 is 0 Å². The largest absolute Gasteiger partial charge is 0.369 e. The summed E-state index contributed by atoms with van der Waals surface area (Å²) in [5.41, 5.74) is 6.66. The van der Waals surface area contributed by atoms with E-state index in [0.717, 1.165) is 45.7 Å². The molecule has 1 aromatic rings. The van der Waals surface area contributed by atoms with Crippen molar-refractivity contribution >= 4 is 11.8 Å². The first kappa shape index (κ1) is 16.9. The molecule has 0 aliphatic carbocycles. The van der Waals surface area contributed by atoms with E-state index < -0.39 is 0 Å². The van der Waals surface area contributed by atoms with Gasteiger partial charge in [0.25, 0.3) is 0 Å². The van der Waals surface area contributed by atoms with Crippen molar-refractivity contribution in [3.05, 3.63) is 35.9 Å². The minimum Gasteiger partial charge on any atom is -0.369 e. The fourth-order valence-corrected chi connectivity index (χ4v) is 3.50. The van der Waals surface area contributed by atoms with Crippen molar-refractivity contribution < 1.29 is 9.59 Å². The molecule has 3 rings (SSSR count). The highest BCUT2D eigenvalue weighted by Crippen LogP contribution is 2.16. The van der Waals surface area contributed by atoms with Crippen LogP contribution in [0.1, 0.15) is 12.0 Å². The molecule has 6 heteroatoms. The number of benzene rings is 1. The van der Waals surface area contributed by atoms with Gasteiger partial charge >= 0.3 is 0 Å². The van der Waals surface area contributed by atoms with Gasteiger partial charge in [0.15, 0.2) is 0 Å². The number of carbonyl (C=O) groups is 2. The Morgan fingerprint density at radius 1 is 1.00 bits per heavy atom. The van der Waals surface area contributed by atoms with Crippen LogP contribution in [0, 0.1) is 5.92 Å². The highest BCUT2D eigenvalue weighted by Gasteiger charge is 2.29. The van der Waals surface area contributed by atoms with Crippen LogP contribution in [0.15, 0.2) is 30.3 Å². The van der Waals surface area contributed by atoms with E-state index in [0.29, 0.717) is 13.1 Å². The van der Waals surface area contributed by atoms with Crippen molar-refractivity contribution in [3.8, 4) is 0 Å². The molecule has 24 heavy (non-hydrogen) atoms. The molecule has 1 aromatic carbocycles. The maximum absolute atomic E-state index is 12.4. The number of likely N-dealkylation sites (tertiary alicyclic amines) is 1. The maximum Gasteiger partial charge on any atom is 0.236 e. The van der Waals surface area contributed by atoms with Gasteiger partial charge in [0.1, 0.15) is 0 Å². The summed E-state index contributed by atoms with van der Waals surface area (Å²) >= 11 is 0. The lowest BCUT2D eigenvalue weighted by Gasteiger charge is -2.35. The van der Waals surface area contributed by atoms with Crippen LogP contribution in [0.4, 0.5) is 0 Å². The second kappa shape index (κ2) is 7.77. The fraction of sp³-hybridized carbons (Fsp3) is 0.556. The SMILES string of the molecule is NC(=O)C1CCN(CC(=O)N2CCN(Cc3ccccc3)CC2)C1. The van der Waals surface area contributed by atoms with E-state index in [1.807, 2.05) is 15.9 Å². The fourth-order valence-electron chi connectivity index (χ4n) is 3.50. The van der Waals surface area contributed by atoms with E-state index in [4.69, 9.17) is 5.73 Å².